The van der Waals surface area contributed by atoms with Crippen LogP contribution in [0.4, 0.5) is 0 Å². The fraction of sp³-hybridized carbons (Fsp3) is 0.867. The molecule has 0 aromatic carbocycles. The molecule has 1 saturated carbocycles. The predicted molar refractivity (Wildman–Crippen MR) is 74.8 cm³/mol. The van der Waals surface area contributed by atoms with E-state index in [0.717, 1.165) is 12.8 Å². The number of hydrogen-bond donors (Lipinski definition) is 1. The SMILES string of the molecule is CCN(C(=O)CC(C)(C(=O)O)C(C)C)C1CCCC1. The summed E-state index contributed by atoms with van der Waals surface area (Å²) in [5.74, 6) is -0.942. The summed E-state index contributed by atoms with van der Waals surface area (Å²) < 4.78 is 0. The Hall–Kier alpha value is -1.06. The van der Waals surface area contributed by atoms with Crippen LogP contribution in [0.5, 0.6) is 0 Å². The maximum atomic E-state index is 12.4. The fourth-order valence-corrected chi connectivity index (χ4v) is 2.80. The van der Waals surface area contributed by atoms with E-state index in [1.807, 2.05) is 25.7 Å². The zero-order valence-corrected chi connectivity index (χ0v) is 12.6. The Bertz CT molecular complexity index is 334. The largest absolute Gasteiger partial charge is 0.481 e. The molecule has 1 atom stereocenters. The molecule has 1 rings (SSSR count). The first kappa shape index (κ1) is 16.0. The van der Waals surface area contributed by atoms with Gasteiger partial charge in [-0.1, -0.05) is 26.7 Å². The van der Waals surface area contributed by atoms with E-state index in [2.05, 4.69) is 0 Å². The summed E-state index contributed by atoms with van der Waals surface area (Å²) in [4.78, 5) is 25.8. The second-order valence-electron chi connectivity index (χ2n) is 6.17. The lowest BCUT2D eigenvalue weighted by atomic mass is 9.76. The highest BCUT2D eigenvalue weighted by Crippen LogP contribution is 2.33. The lowest BCUT2D eigenvalue weighted by Crippen LogP contribution is -2.44. The standard InChI is InChI=1S/C15H27NO3/c1-5-16(12-8-6-7-9-12)13(17)10-15(4,11(2)3)14(18)19/h11-12H,5-10H2,1-4H3,(H,18,19). The molecule has 0 bridgehead atoms. The van der Waals surface area contributed by atoms with Gasteiger partial charge >= 0.3 is 5.97 Å². The van der Waals surface area contributed by atoms with Crippen LogP contribution in [0.25, 0.3) is 0 Å². The average Bonchev–Trinajstić information content (AvgIpc) is 2.82. The van der Waals surface area contributed by atoms with Gasteiger partial charge in [-0.25, -0.2) is 0 Å². The molecule has 0 aromatic rings. The Kier molecular flexibility index (Phi) is 5.39. The molecule has 1 fully saturated rings. The van der Waals surface area contributed by atoms with E-state index in [1.54, 1.807) is 6.92 Å². The molecule has 4 heteroatoms. The summed E-state index contributed by atoms with van der Waals surface area (Å²) in [6, 6.07) is 0.322. The van der Waals surface area contributed by atoms with Crippen LogP contribution >= 0.6 is 0 Å². The maximum absolute atomic E-state index is 12.4. The van der Waals surface area contributed by atoms with Gasteiger partial charge in [0.2, 0.25) is 5.91 Å². The van der Waals surface area contributed by atoms with E-state index in [9.17, 15) is 14.7 Å². The van der Waals surface area contributed by atoms with Gasteiger partial charge in [0.15, 0.2) is 0 Å². The van der Waals surface area contributed by atoms with Gasteiger partial charge < -0.3 is 10.0 Å². The summed E-state index contributed by atoms with van der Waals surface area (Å²) in [5, 5.41) is 9.40. The van der Waals surface area contributed by atoms with E-state index >= 15 is 0 Å². The van der Waals surface area contributed by atoms with Crippen molar-refractivity contribution in [3.8, 4) is 0 Å². The molecular formula is C15H27NO3. The van der Waals surface area contributed by atoms with Crippen LogP contribution in [0.1, 0.15) is 59.8 Å². The van der Waals surface area contributed by atoms with Crippen molar-refractivity contribution in [3.63, 3.8) is 0 Å². The quantitative estimate of drug-likeness (QED) is 0.806. The molecule has 19 heavy (non-hydrogen) atoms. The summed E-state index contributed by atoms with van der Waals surface area (Å²) >= 11 is 0. The van der Waals surface area contributed by atoms with Gasteiger partial charge in [-0.2, -0.15) is 0 Å². The highest BCUT2D eigenvalue weighted by atomic mass is 16.4. The summed E-state index contributed by atoms with van der Waals surface area (Å²) in [5.41, 5.74) is -0.969. The molecule has 0 saturated heterocycles. The van der Waals surface area contributed by atoms with Crippen molar-refractivity contribution >= 4 is 11.9 Å². The number of carboxylic acids is 1. The molecular weight excluding hydrogens is 242 g/mol. The van der Waals surface area contributed by atoms with E-state index in [4.69, 9.17) is 0 Å². The Balaban J connectivity index is 2.77. The monoisotopic (exact) mass is 269 g/mol. The highest BCUT2D eigenvalue weighted by Gasteiger charge is 2.40. The second-order valence-corrected chi connectivity index (χ2v) is 6.17. The fourth-order valence-electron chi connectivity index (χ4n) is 2.80. The number of carbonyl (C=O) groups is 2. The Morgan fingerprint density at radius 3 is 2.21 bits per heavy atom. The Morgan fingerprint density at radius 1 is 1.32 bits per heavy atom. The van der Waals surface area contributed by atoms with Crippen LogP contribution in [0.2, 0.25) is 0 Å². The number of amides is 1. The summed E-state index contributed by atoms with van der Waals surface area (Å²) in [6.45, 7) is 8.07. The predicted octanol–water partition coefficient (Wildman–Crippen LogP) is 2.91. The molecule has 110 valence electrons. The molecule has 1 N–H and O–H groups in total. The second kappa shape index (κ2) is 6.40. The molecule has 0 radical (unpaired) electrons. The van der Waals surface area contributed by atoms with E-state index in [0.29, 0.717) is 12.6 Å². The van der Waals surface area contributed by atoms with Crippen molar-refractivity contribution < 1.29 is 14.7 Å². The number of aliphatic carboxylic acids is 1. The van der Waals surface area contributed by atoms with Crippen LogP contribution < -0.4 is 0 Å². The smallest absolute Gasteiger partial charge is 0.310 e. The number of carboxylic acid groups (broad SMARTS) is 1. The van der Waals surface area contributed by atoms with Gasteiger partial charge in [0.25, 0.3) is 0 Å². The molecule has 1 aliphatic carbocycles. The van der Waals surface area contributed by atoms with Gasteiger partial charge in [-0.3, -0.25) is 9.59 Å². The van der Waals surface area contributed by atoms with Gasteiger partial charge in [0, 0.05) is 19.0 Å². The van der Waals surface area contributed by atoms with Crippen molar-refractivity contribution in [1.82, 2.24) is 4.90 Å². The van der Waals surface area contributed by atoms with Crippen LogP contribution in [-0.2, 0) is 9.59 Å². The molecule has 1 unspecified atom stereocenters. The summed E-state index contributed by atoms with van der Waals surface area (Å²) in [7, 11) is 0. The molecule has 4 nitrogen and oxygen atoms in total. The first-order valence-corrected chi connectivity index (χ1v) is 7.35. The van der Waals surface area contributed by atoms with Crippen molar-refractivity contribution in [2.75, 3.05) is 6.54 Å². The molecule has 0 spiro atoms. The van der Waals surface area contributed by atoms with Crippen molar-refractivity contribution in [2.24, 2.45) is 11.3 Å². The topological polar surface area (TPSA) is 57.6 Å². The third kappa shape index (κ3) is 3.48. The van der Waals surface area contributed by atoms with E-state index < -0.39 is 11.4 Å². The van der Waals surface area contributed by atoms with Crippen molar-refractivity contribution in [2.45, 2.75) is 65.8 Å². The van der Waals surface area contributed by atoms with E-state index in [1.165, 1.54) is 12.8 Å². The van der Waals surface area contributed by atoms with Crippen LogP contribution in [0.3, 0.4) is 0 Å². The molecule has 0 aromatic heterocycles. The van der Waals surface area contributed by atoms with E-state index in [-0.39, 0.29) is 18.2 Å². The number of hydrogen-bond acceptors (Lipinski definition) is 2. The van der Waals surface area contributed by atoms with Crippen molar-refractivity contribution in [3.05, 3.63) is 0 Å². The van der Waals surface area contributed by atoms with Crippen LogP contribution in [-0.4, -0.2) is 34.5 Å². The normalized spacial score (nSPS) is 19.4. The van der Waals surface area contributed by atoms with Crippen LogP contribution in [0.15, 0.2) is 0 Å². The summed E-state index contributed by atoms with van der Waals surface area (Å²) in [6.07, 6.45) is 4.57. The zero-order valence-electron chi connectivity index (χ0n) is 12.6. The Labute approximate surface area is 116 Å². The number of carbonyl (C=O) groups excluding carboxylic acids is 1. The first-order valence-electron chi connectivity index (χ1n) is 7.35. The molecule has 1 amide bonds. The molecule has 0 aliphatic heterocycles. The minimum atomic E-state index is -0.969. The van der Waals surface area contributed by atoms with Gasteiger partial charge in [0.1, 0.15) is 0 Å². The maximum Gasteiger partial charge on any atom is 0.310 e. The minimum absolute atomic E-state index is 0.00648. The lowest BCUT2D eigenvalue weighted by molar-refractivity contribution is -0.156. The lowest BCUT2D eigenvalue weighted by Gasteiger charge is -2.34. The van der Waals surface area contributed by atoms with Crippen molar-refractivity contribution in [1.29, 1.82) is 0 Å². The third-order valence-electron chi connectivity index (χ3n) is 4.71. The van der Waals surface area contributed by atoms with Gasteiger partial charge in [-0.15, -0.1) is 0 Å². The van der Waals surface area contributed by atoms with Crippen LogP contribution in [0, 0.1) is 11.3 Å². The number of rotatable bonds is 6. The first-order chi connectivity index (χ1) is 8.82. The highest BCUT2D eigenvalue weighted by molar-refractivity contribution is 5.85. The molecule has 1 aliphatic rings. The minimum Gasteiger partial charge on any atom is -0.481 e. The van der Waals surface area contributed by atoms with Gasteiger partial charge in [-0.05, 0) is 32.6 Å². The average molecular weight is 269 g/mol. The zero-order chi connectivity index (χ0) is 14.6. The number of nitrogens with zero attached hydrogens (tertiary/aromatic N) is 1. The van der Waals surface area contributed by atoms with Gasteiger partial charge in [0.05, 0.1) is 5.41 Å². The Morgan fingerprint density at radius 2 is 1.84 bits per heavy atom. The third-order valence-corrected chi connectivity index (χ3v) is 4.71. The molecule has 0 heterocycles.